The van der Waals surface area contributed by atoms with Crippen LogP contribution in [0, 0.1) is 6.92 Å². The highest BCUT2D eigenvalue weighted by Gasteiger charge is 2.29. The van der Waals surface area contributed by atoms with Crippen LogP contribution in [0.1, 0.15) is 23.0 Å². The summed E-state index contributed by atoms with van der Waals surface area (Å²) in [5.74, 6) is 2.32. The van der Waals surface area contributed by atoms with Crippen molar-refractivity contribution in [3.8, 4) is 23.0 Å². The molecule has 10 heteroatoms. The first-order valence-electron chi connectivity index (χ1n) is 9.69. The molecule has 3 rings (SSSR count). The second kappa shape index (κ2) is 9.49. The average molecular weight is 462 g/mol. The van der Waals surface area contributed by atoms with Crippen LogP contribution in [-0.2, 0) is 17.1 Å². The first kappa shape index (κ1) is 23.4. The standard InChI is InChI=1S/C22H27N3O6S/c1-14-9-18(30-5)19(31-6)13-20(14)32(26,27)24-21(22-23-7-8-25(22)2)15-10-16(28-3)12-17(11-15)29-4/h7-13,21,24H,1-6H3. The molecule has 2 aromatic carbocycles. The van der Waals surface area contributed by atoms with E-state index >= 15 is 0 Å². The Morgan fingerprint density at radius 2 is 1.50 bits per heavy atom. The number of ether oxygens (including phenoxy) is 4. The van der Waals surface area contributed by atoms with Crippen molar-refractivity contribution in [1.29, 1.82) is 0 Å². The third kappa shape index (κ3) is 4.66. The van der Waals surface area contributed by atoms with Crippen molar-refractivity contribution in [3.05, 3.63) is 59.7 Å². The first-order valence-corrected chi connectivity index (χ1v) is 11.2. The van der Waals surface area contributed by atoms with Crippen LogP contribution in [0.2, 0.25) is 0 Å². The zero-order valence-electron chi connectivity index (χ0n) is 18.9. The summed E-state index contributed by atoms with van der Waals surface area (Å²) >= 11 is 0. The fourth-order valence-corrected chi connectivity index (χ4v) is 4.82. The Morgan fingerprint density at radius 3 is 2.00 bits per heavy atom. The van der Waals surface area contributed by atoms with Crippen LogP contribution in [0.15, 0.2) is 47.6 Å². The van der Waals surface area contributed by atoms with E-state index in [4.69, 9.17) is 18.9 Å². The molecule has 0 saturated heterocycles. The number of hydrogen-bond acceptors (Lipinski definition) is 7. The molecule has 0 saturated carbocycles. The topological polar surface area (TPSA) is 101 Å². The fraction of sp³-hybridized carbons (Fsp3) is 0.318. The van der Waals surface area contributed by atoms with E-state index in [1.54, 1.807) is 55.2 Å². The number of aryl methyl sites for hydroxylation is 2. The van der Waals surface area contributed by atoms with E-state index in [1.807, 2.05) is 0 Å². The number of nitrogens with one attached hydrogen (secondary N) is 1. The van der Waals surface area contributed by atoms with Crippen LogP contribution in [0.3, 0.4) is 0 Å². The number of nitrogens with zero attached hydrogens (tertiary/aromatic N) is 2. The first-order chi connectivity index (χ1) is 15.2. The molecule has 1 N–H and O–H groups in total. The third-order valence-corrected chi connectivity index (χ3v) is 6.63. The molecule has 0 aliphatic carbocycles. The van der Waals surface area contributed by atoms with Crippen LogP contribution in [-0.4, -0.2) is 46.4 Å². The number of benzene rings is 2. The predicted octanol–water partition coefficient (Wildman–Crippen LogP) is 2.83. The summed E-state index contributed by atoms with van der Waals surface area (Å²) in [7, 11) is 3.81. The molecule has 1 aromatic heterocycles. The molecular weight excluding hydrogens is 434 g/mol. The lowest BCUT2D eigenvalue weighted by Crippen LogP contribution is -2.31. The number of aromatic nitrogens is 2. The van der Waals surface area contributed by atoms with E-state index in [2.05, 4.69) is 9.71 Å². The predicted molar refractivity (Wildman–Crippen MR) is 119 cm³/mol. The van der Waals surface area contributed by atoms with Gasteiger partial charge in [0.1, 0.15) is 23.4 Å². The smallest absolute Gasteiger partial charge is 0.241 e. The summed E-state index contributed by atoms with van der Waals surface area (Å²) in [5.41, 5.74) is 1.12. The van der Waals surface area contributed by atoms with E-state index in [-0.39, 0.29) is 4.90 Å². The van der Waals surface area contributed by atoms with Gasteiger partial charge in [0.05, 0.1) is 33.3 Å². The maximum absolute atomic E-state index is 13.5. The van der Waals surface area contributed by atoms with Crippen molar-refractivity contribution in [1.82, 2.24) is 14.3 Å². The Morgan fingerprint density at radius 1 is 0.906 bits per heavy atom. The van der Waals surface area contributed by atoms with Gasteiger partial charge in [0.15, 0.2) is 11.5 Å². The van der Waals surface area contributed by atoms with Gasteiger partial charge in [-0.1, -0.05) is 0 Å². The van der Waals surface area contributed by atoms with Crippen molar-refractivity contribution in [2.45, 2.75) is 17.9 Å². The molecule has 172 valence electrons. The highest BCUT2D eigenvalue weighted by molar-refractivity contribution is 7.89. The van der Waals surface area contributed by atoms with Crippen molar-refractivity contribution >= 4 is 10.0 Å². The Kier molecular flexibility index (Phi) is 6.95. The molecule has 32 heavy (non-hydrogen) atoms. The molecule has 0 aliphatic heterocycles. The zero-order chi connectivity index (χ0) is 23.5. The number of imidazole rings is 1. The number of rotatable bonds is 9. The lowest BCUT2D eigenvalue weighted by Gasteiger charge is -2.21. The van der Waals surface area contributed by atoms with E-state index in [0.29, 0.717) is 39.9 Å². The second-order valence-electron chi connectivity index (χ2n) is 7.07. The molecule has 0 spiro atoms. The number of hydrogen-bond donors (Lipinski definition) is 1. The van der Waals surface area contributed by atoms with E-state index in [0.717, 1.165) is 0 Å². The highest BCUT2D eigenvalue weighted by Crippen LogP contribution is 2.34. The fourth-order valence-electron chi connectivity index (χ4n) is 3.39. The molecular formula is C22H27N3O6S. The molecule has 1 heterocycles. The lowest BCUT2D eigenvalue weighted by molar-refractivity contribution is 0.353. The van der Waals surface area contributed by atoms with Gasteiger partial charge in [0, 0.05) is 31.6 Å². The molecule has 3 aromatic rings. The highest BCUT2D eigenvalue weighted by atomic mass is 32.2. The van der Waals surface area contributed by atoms with Gasteiger partial charge >= 0.3 is 0 Å². The van der Waals surface area contributed by atoms with Crippen LogP contribution in [0.4, 0.5) is 0 Å². The molecule has 0 radical (unpaired) electrons. The summed E-state index contributed by atoms with van der Waals surface area (Å²) in [6.07, 6.45) is 3.35. The summed E-state index contributed by atoms with van der Waals surface area (Å²) in [5, 5.41) is 0. The minimum absolute atomic E-state index is 0.0734. The van der Waals surface area contributed by atoms with E-state index < -0.39 is 16.1 Å². The number of methoxy groups -OCH3 is 4. The summed E-state index contributed by atoms with van der Waals surface area (Å²) in [4.78, 5) is 4.45. The Bertz CT molecular complexity index is 1180. The molecule has 1 atom stereocenters. The Hall–Kier alpha value is -3.24. The molecule has 0 bridgehead atoms. The largest absolute Gasteiger partial charge is 0.497 e. The monoisotopic (exact) mass is 461 g/mol. The molecule has 0 aliphatic rings. The van der Waals surface area contributed by atoms with Crippen molar-refractivity contribution < 1.29 is 27.4 Å². The van der Waals surface area contributed by atoms with Gasteiger partial charge in [0.2, 0.25) is 10.0 Å². The lowest BCUT2D eigenvalue weighted by atomic mass is 10.1. The maximum atomic E-state index is 13.5. The normalized spacial score (nSPS) is 12.3. The molecule has 1 unspecified atom stereocenters. The van der Waals surface area contributed by atoms with Gasteiger partial charge in [0.25, 0.3) is 0 Å². The third-order valence-electron chi connectivity index (χ3n) is 5.07. The molecule has 9 nitrogen and oxygen atoms in total. The zero-order valence-corrected chi connectivity index (χ0v) is 19.7. The Balaban J connectivity index is 2.14. The van der Waals surface area contributed by atoms with E-state index in [9.17, 15) is 8.42 Å². The van der Waals surface area contributed by atoms with Crippen LogP contribution in [0.5, 0.6) is 23.0 Å². The summed E-state index contributed by atoms with van der Waals surface area (Å²) < 4.78 is 52.9. The quantitative estimate of drug-likeness (QED) is 0.523. The maximum Gasteiger partial charge on any atom is 0.241 e. The van der Waals surface area contributed by atoms with Crippen molar-refractivity contribution in [2.24, 2.45) is 7.05 Å². The molecule has 0 fully saturated rings. The van der Waals surface area contributed by atoms with Crippen LogP contribution >= 0.6 is 0 Å². The minimum atomic E-state index is -4.00. The van der Waals surface area contributed by atoms with Gasteiger partial charge in [-0.2, -0.15) is 4.72 Å². The van der Waals surface area contributed by atoms with Crippen molar-refractivity contribution in [3.63, 3.8) is 0 Å². The van der Waals surface area contributed by atoms with Gasteiger partial charge < -0.3 is 23.5 Å². The SMILES string of the molecule is COc1cc(OC)cc(C(NS(=O)(=O)c2cc(OC)c(OC)cc2C)c2nccn2C)c1. The summed E-state index contributed by atoms with van der Waals surface area (Å²) in [6.45, 7) is 1.70. The van der Waals surface area contributed by atoms with Crippen LogP contribution in [0.25, 0.3) is 0 Å². The summed E-state index contributed by atoms with van der Waals surface area (Å²) in [6, 6.07) is 7.45. The van der Waals surface area contributed by atoms with Crippen molar-refractivity contribution in [2.75, 3.05) is 28.4 Å². The molecule has 0 amide bonds. The second-order valence-corrected chi connectivity index (χ2v) is 8.75. The van der Waals surface area contributed by atoms with Gasteiger partial charge in [-0.3, -0.25) is 0 Å². The van der Waals surface area contributed by atoms with Crippen LogP contribution < -0.4 is 23.7 Å². The minimum Gasteiger partial charge on any atom is -0.497 e. The van der Waals surface area contributed by atoms with Gasteiger partial charge in [-0.25, -0.2) is 13.4 Å². The van der Waals surface area contributed by atoms with E-state index in [1.165, 1.54) is 34.5 Å². The van der Waals surface area contributed by atoms with Gasteiger partial charge in [-0.05, 0) is 36.2 Å². The van der Waals surface area contributed by atoms with Gasteiger partial charge in [-0.15, -0.1) is 0 Å². The Labute approximate surface area is 188 Å². The number of sulfonamides is 1. The average Bonchev–Trinajstić information content (AvgIpc) is 3.22.